The van der Waals surface area contributed by atoms with Gasteiger partial charge < -0.3 is 14.8 Å². The van der Waals surface area contributed by atoms with E-state index in [4.69, 9.17) is 9.47 Å². The maximum Gasteiger partial charge on any atom is 0.252 e. The first-order valence-corrected chi connectivity index (χ1v) is 13.2. The topological polar surface area (TPSA) is 71.1 Å². The molecule has 7 nitrogen and oxygen atoms in total. The Morgan fingerprint density at radius 2 is 2.03 bits per heavy atom. The number of benzene rings is 1. The molecule has 0 amide bonds. The number of ether oxygens (including phenoxy) is 2. The lowest BCUT2D eigenvalue weighted by Crippen LogP contribution is -2.59. The van der Waals surface area contributed by atoms with E-state index < -0.39 is 10.0 Å². The Balaban J connectivity index is 1.22. The van der Waals surface area contributed by atoms with Gasteiger partial charge in [-0.2, -0.15) is 4.31 Å². The molecule has 3 aliphatic heterocycles. The molecule has 4 heterocycles. The Bertz CT molecular complexity index is 954. The van der Waals surface area contributed by atoms with Crippen molar-refractivity contribution < 1.29 is 17.9 Å². The highest BCUT2D eigenvalue weighted by Gasteiger charge is 2.46. The van der Waals surface area contributed by atoms with Gasteiger partial charge in [-0.05, 0) is 23.4 Å². The van der Waals surface area contributed by atoms with Crippen LogP contribution in [-0.2, 0) is 26.1 Å². The minimum absolute atomic E-state index is 0.0967. The molecule has 9 heteroatoms. The quantitative estimate of drug-likeness (QED) is 0.675. The van der Waals surface area contributed by atoms with Crippen molar-refractivity contribution in [2.45, 2.75) is 41.5 Å². The summed E-state index contributed by atoms with van der Waals surface area (Å²) in [6.45, 7) is 4.47. The predicted octanol–water partition coefficient (Wildman–Crippen LogP) is 1.77. The van der Waals surface area contributed by atoms with Gasteiger partial charge in [0.25, 0.3) is 10.0 Å². The van der Waals surface area contributed by atoms with Crippen molar-refractivity contribution in [3.63, 3.8) is 0 Å². The van der Waals surface area contributed by atoms with Crippen LogP contribution in [0.5, 0.6) is 0 Å². The molecule has 1 N–H and O–H groups in total. The molecule has 3 aliphatic rings. The molecule has 5 rings (SSSR count). The highest BCUT2D eigenvalue weighted by atomic mass is 32.2. The molecule has 0 spiro atoms. The molecule has 3 saturated heterocycles. The van der Waals surface area contributed by atoms with E-state index >= 15 is 0 Å². The summed E-state index contributed by atoms with van der Waals surface area (Å²) in [5.41, 5.74) is 1.18. The maximum atomic E-state index is 13.0. The molecular weight excluding hydrogens is 434 g/mol. The lowest BCUT2D eigenvalue weighted by molar-refractivity contribution is -0.0529. The van der Waals surface area contributed by atoms with E-state index in [1.807, 2.05) is 23.6 Å². The van der Waals surface area contributed by atoms with E-state index in [1.54, 1.807) is 16.4 Å². The van der Waals surface area contributed by atoms with Crippen LogP contribution in [0.1, 0.15) is 12.0 Å². The van der Waals surface area contributed by atoms with E-state index in [1.165, 1.54) is 16.9 Å². The van der Waals surface area contributed by atoms with Gasteiger partial charge in [0.1, 0.15) is 4.21 Å². The maximum absolute atomic E-state index is 13.0. The summed E-state index contributed by atoms with van der Waals surface area (Å²) in [6, 6.07) is 14.4. The fourth-order valence-corrected chi connectivity index (χ4v) is 7.54. The standard InChI is InChI=1S/C22H29N3O4S2/c26-31(27,22-7-4-10-30-22)24-9-8-23-18(12-24)13-25-19-11-21(20(25)16-28-15-19)29-14-17-5-2-1-3-6-17/h1-7,10,18-21,23H,8-9,11-16H2/t18-,19?,20?,21?/m1/s1. The molecule has 3 fully saturated rings. The third kappa shape index (κ3) is 4.59. The number of rotatable bonds is 7. The summed E-state index contributed by atoms with van der Waals surface area (Å²) in [6.07, 6.45) is 1.10. The van der Waals surface area contributed by atoms with Crippen molar-refractivity contribution in [1.82, 2.24) is 14.5 Å². The van der Waals surface area contributed by atoms with Crippen LogP contribution < -0.4 is 5.32 Å². The van der Waals surface area contributed by atoms with Gasteiger partial charge in [-0.25, -0.2) is 8.42 Å². The number of morpholine rings is 1. The van der Waals surface area contributed by atoms with Crippen LogP contribution in [0.15, 0.2) is 52.1 Å². The SMILES string of the molecule is O=S(=O)(c1cccs1)N1CCN[C@@H](CN2C3COCC2C(OCc2ccccc2)C3)C1. The van der Waals surface area contributed by atoms with Crippen molar-refractivity contribution in [2.75, 3.05) is 39.4 Å². The molecule has 1 aromatic carbocycles. The summed E-state index contributed by atoms with van der Waals surface area (Å²) >= 11 is 1.28. The number of piperazine rings is 1. The van der Waals surface area contributed by atoms with Gasteiger partial charge in [0.15, 0.2) is 0 Å². The fraction of sp³-hybridized carbons (Fsp3) is 0.545. The molecule has 168 valence electrons. The molecule has 2 aromatic rings. The Labute approximate surface area is 188 Å². The van der Waals surface area contributed by atoms with E-state index in [2.05, 4.69) is 22.3 Å². The Kier molecular flexibility index (Phi) is 6.43. The first-order chi connectivity index (χ1) is 15.1. The van der Waals surface area contributed by atoms with Crippen LogP contribution in [-0.4, -0.2) is 81.2 Å². The van der Waals surface area contributed by atoms with Gasteiger partial charge in [-0.1, -0.05) is 36.4 Å². The normalized spacial score (nSPS) is 29.9. The second-order valence-electron chi connectivity index (χ2n) is 8.47. The van der Waals surface area contributed by atoms with Crippen molar-refractivity contribution in [3.05, 3.63) is 53.4 Å². The Morgan fingerprint density at radius 1 is 1.16 bits per heavy atom. The minimum atomic E-state index is -3.41. The van der Waals surface area contributed by atoms with E-state index in [0.29, 0.717) is 49.7 Å². The second kappa shape index (κ2) is 9.27. The summed E-state index contributed by atoms with van der Waals surface area (Å²) in [5, 5.41) is 5.34. The predicted molar refractivity (Wildman–Crippen MR) is 120 cm³/mol. The molecule has 31 heavy (non-hydrogen) atoms. The van der Waals surface area contributed by atoms with Gasteiger partial charge in [0.05, 0.1) is 32.0 Å². The average Bonchev–Trinajstić information content (AvgIpc) is 3.39. The van der Waals surface area contributed by atoms with Crippen molar-refractivity contribution in [2.24, 2.45) is 0 Å². The first kappa shape index (κ1) is 21.5. The largest absolute Gasteiger partial charge is 0.378 e. The Hall–Kier alpha value is -1.33. The lowest BCUT2D eigenvalue weighted by Gasteiger charge is -2.40. The fourth-order valence-electron chi connectivity index (χ4n) is 4.91. The molecule has 2 bridgehead atoms. The Morgan fingerprint density at radius 3 is 2.84 bits per heavy atom. The van der Waals surface area contributed by atoms with Gasteiger partial charge >= 0.3 is 0 Å². The van der Waals surface area contributed by atoms with Crippen molar-refractivity contribution in [3.8, 4) is 0 Å². The second-order valence-corrected chi connectivity index (χ2v) is 11.6. The van der Waals surface area contributed by atoms with Crippen LogP contribution in [0.2, 0.25) is 0 Å². The van der Waals surface area contributed by atoms with Gasteiger partial charge in [0, 0.05) is 38.3 Å². The molecule has 0 aliphatic carbocycles. The number of fused-ring (bicyclic) bond motifs is 2. The van der Waals surface area contributed by atoms with Crippen LogP contribution in [0, 0.1) is 0 Å². The van der Waals surface area contributed by atoms with Crippen LogP contribution in [0.4, 0.5) is 0 Å². The van der Waals surface area contributed by atoms with Crippen LogP contribution in [0.25, 0.3) is 0 Å². The number of thiophene rings is 1. The third-order valence-corrected chi connectivity index (χ3v) is 9.71. The summed E-state index contributed by atoms with van der Waals surface area (Å²) in [4.78, 5) is 2.48. The van der Waals surface area contributed by atoms with Crippen LogP contribution in [0.3, 0.4) is 0 Å². The molecule has 1 aromatic heterocycles. The molecule has 4 atom stereocenters. The zero-order valence-electron chi connectivity index (χ0n) is 17.4. The van der Waals surface area contributed by atoms with Gasteiger partial charge in [0.2, 0.25) is 0 Å². The van der Waals surface area contributed by atoms with Crippen molar-refractivity contribution >= 4 is 21.4 Å². The molecule has 0 radical (unpaired) electrons. The molecule has 0 saturated carbocycles. The summed E-state index contributed by atoms with van der Waals surface area (Å²) in [5.74, 6) is 0. The van der Waals surface area contributed by atoms with Gasteiger partial charge in [-0.15, -0.1) is 11.3 Å². The lowest BCUT2D eigenvalue weighted by atomic mass is 10.1. The summed E-state index contributed by atoms with van der Waals surface area (Å²) < 4.78 is 40.1. The van der Waals surface area contributed by atoms with Crippen LogP contribution >= 0.6 is 11.3 Å². The number of nitrogens with zero attached hydrogens (tertiary/aromatic N) is 2. The minimum Gasteiger partial charge on any atom is -0.378 e. The smallest absolute Gasteiger partial charge is 0.252 e. The number of hydrogen-bond donors (Lipinski definition) is 1. The molecular formula is C22H29N3O4S2. The average molecular weight is 464 g/mol. The van der Waals surface area contributed by atoms with E-state index in [0.717, 1.165) is 13.0 Å². The first-order valence-electron chi connectivity index (χ1n) is 10.9. The van der Waals surface area contributed by atoms with Crippen molar-refractivity contribution in [1.29, 1.82) is 0 Å². The highest BCUT2D eigenvalue weighted by molar-refractivity contribution is 7.91. The zero-order chi connectivity index (χ0) is 21.3. The van der Waals surface area contributed by atoms with E-state index in [9.17, 15) is 8.42 Å². The number of sulfonamides is 1. The molecule has 3 unspecified atom stereocenters. The van der Waals surface area contributed by atoms with Gasteiger partial charge in [-0.3, -0.25) is 4.90 Å². The number of hydrogen-bond acceptors (Lipinski definition) is 7. The van der Waals surface area contributed by atoms with E-state index in [-0.39, 0.29) is 18.2 Å². The monoisotopic (exact) mass is 463 g/mol. The third-order valence-electron chi connectivity index (χ3n) is 6.47. The zero-order valence-corrected chi connectivity index (χ0v) is 19.1. The number of nitrogens with one attached hydrogen (secondary N) is 1. The summed E-state index contributed by atoms with van der Waals surface area (Å²) in [7, 11) is -3.41. The highest BCUT2D eigenvalue weighted by Crippen LogP contribution is 2.32.